The van der Waals surface area contributed by atoms with Crippen LogP contribution in [0.1, 0.15) is 53.3 Å². The van der Waals surface area contributed by atoms with Crippen molar-refractivity contribution >= 4 is 17.8 Å². The lowest BCUT2D eigenvalue weighted by Gasteiger charge is -2.33. The number of nitrogens with one attached hydrogen (secondary N) is 1. The van der Waals surface area contributed by atoms with E-state index in [4.69, 9.17) is 14.5 Å². The number of nitrogens with zero attached hydrogens (tertiary/aromatic N) is 3. The summed E-state index contributed by atoms with van der Waals surface area (Å²) < 4.78 is 11.2. The number of H-pyrrole nitrogens is 1. The number of benzene rings is 2. The number of methoxy groups -OCH3 is 2. The van der Waals surface area contributed by atoms with E-state index in [-0.39, 0.29) is 11.8 Å². The molecular formula is C27H34N4O2S. The third-order valence-corrected chi connectivity index (χ3v) is 7.26. The molecule has 1 N–H and O–H groups in total. The van der Waals surface area contributed by atoms with Gasteiger partial charge in [0.25, 0.3) is 0 Å². The number of rotatable bonds is 9. The van der Waals surface area contributed by atoms with E-state index in [1.807, 2.05) is 0 Å². The van der Waals surface area contributed by atoms with Crippen molar-refractivity contribution in [1.29, 1.82) is 0 Å². The summed E-state index contributed by atoms with van der Waals surface area (Å²) in [6.45, 7) is 5.36. The molecule has 1 aromatic heterocycles. The number of hydrogen-bond donors (Lipinski definition) is 1. The summed E-state index contributed by atoms with van der Waals surface area (Å²) in [6.07, 6.45) is 3.34. The minimum absolute atomic E-state index is 0.0527. The van der Waals surface area contributed by atoms with Gasteiger partial charge in [0.05, 0.1) is 20.1 Å². The van der Waals surface area contributed by atoms with Crippen LogP contribution in [0.25, 0.3) is 6.08 Å². The Balaban J connectivity index is 1.73. The zero-order valence-corrected chi connectivity index (χ0v) is 21.7. The van der Waals surface area contributed by atoms with Gasteiger partial charge in [0.2, 0.25) is 5.16 Å². The first-order chi connectivity index (χ1) is 16.4. The average Bonchev–Trinajstić information content (AvgIpc) is 3.29. The van der Waals surface area contributed by atoms with Gasteiger partial charge < -0.3 is 14.4 Å². The molecule has 1 heterocycles. The standard InChI is InChI=1S/C27H34N4O2S/c1-17-8-10-19(11-9-17)25-21-16-23(33-6)22(32-5)15-20(21)14-18(2)24(25)26-28-27(30-29-26)34-13-7-12-31(3)4/h8-11,14-16,24-25H,7,12-13H2,1-6H3,(H,28,29,30). The third-order valence-electron chi connectivity index (χ3n) is 6.33. The van der Waals surface area contributed by atoms with Crippen molar-refractivity contribution in [3.8, 4) is 11.5 Å². The van der Waals surface area contributed by atoms with Crippen molar-refractivity contribution < 1.29 is 9.47 Å². The normalized spacial score (nSPS) is 17.4. The Morgan fingerprint density at radius 2 is 1.71 bits per heavy atom. The molecule has 4 rings (SSSR count). The first-order valence-corrected chi connectivity index (χ1v) is 12.6. The SMILES string of the molecule is COc1cc2c(cc1OC)C(c1ccc(C)cc1)C(c1nc(SCCCN(C)C)n[nH]1)C(C)=C2. The van der Waals surface area contributed by atoms with Crippen molar-refractivity contribution in [1.82, 2.24) is 20.1 Å². The predicted molar refractivity (Wildman–Crippen MR) is 139 cm³/mol. The van der Waals surface area contributed by atoms with Crippen LogP contribution >= 0.6 is 11.8 Å². The fourth-order valence-electron chi connectivity index (χ4n) is 4.61. The van der Waals surface area contributed by atoms with E-state index in [1.54, 1.807) is 26.0 Å². The van der Waals surface area contributed by atoms with Crippen molar-refractivity contribution in [2.75, 3.05) is 40.6 Å². The molecule has 3 aromatic rings. The van der Waals surface area contributed by atoms with Crippen LogP contribution in [0.4, 0.5) is 0 Å². The molecule has 0 radical (unpaired) electrons. The highest BCUT2D eigenvalue weighted by Gasteiger charge is 2.35. The molecule has 6 nitrogen and oxygen atoms in total. The first kappa shape index (κ1) is 24.4. The Labute approximate surface area is 206 Å². The molecule has 2 unspecified atom stereocenters. The third kappa shape index (κ3) is 5.15. The molecule has 34 heavy (non-hydrogen) atoms. The molecule has 0 fully saturated rings. The van der Waals surface area contributed by atoms with Gasteiger partial charge >= 0.3 is 0 Å². The number of ether oxygens (including phenoxy) is 2. The maximum absolute atomic E-state index is 5.66. The summed E-state index contributed by atoms with van der Waals surface area (Å²) in [5.41, 5.74) is 6.08. The number of aromatic amines is 1. The monoisotopic (exact) mass is 478 g/mol. The minimum atomic E-state index is 0.0527. The Morgan fingerprint density at radius 1 is 1.00 bits per heavy atom. The quantitative estimate of drug-likeness (QED) is 0.323. The number of aromatic nitrogens is 3. The Hall–Kier alpha value is -2.77. The summed E-state index contributed by atoms with van der Waals surface area (Å²) in [4.78, 5) is 7.13. The second-order valence-corrected chi connectivity index (χ2v) is 10.2. The van der Waals surface area contributed by atoms with Gasteiger partial charge in [-0.3, -0.25) is 5.10 Å². The van der Waals surface area contributed by atoms with E-state index in [1.165, 1.54) is 22.3 Å². The second-order valence-electron chi connectivity index (χ2n) is 9.10. The maximum Gasteiger partial charge on any atom is 0.208 e. The maximum atomic E-state index is 5.66. The van der Waals surface area contributed by atoms with Crippen LogP contribution in [-0.2, 0) is 0 Å². The molecule has 7 heteroatoms. The summed E-state index contributed by atoms with van der Waals surface area (Å²) >= 11 is 1.71. The highest BCUT2D eigenvalue weighted by atomic mass is 32.2. The number of fused-ring (bicyclic) bond motifs is 1. The Morgan fingerprint density at radius 3 is 2.38 bits per heavy atom. The molecule has 0 spiro atoms. The molecule has 1 aliphatic rings. The first-order valence-electron chi connectivity index (χ1n) is 11.6. The van der Waals surface area contributed by atoms with E-state index < -0.39 is 0 Å². The molecule has 180 valence electrons. The van der Waals surface area contributed by atoms with Crippen LogP contribution in [-0.4, -0.2) is 60.7 Å². The molecule has 0 aliphatic heterocycles. The van der Waals surface area contributed by atoms with Crippen LogP contribution in [0.15, 0.2) is 47.1 Å². The number of thioether (sulfide) groups is 1. The van der Waals surface area contributed by atoms with E-state index in [2.05, 4.69) is 85.5 Å². The van der Waals surface area contributed by atoms with Crippen molar-refractivity contribution in [3.63, 3.8) is 0 Å². The summed E-state index contributed by atoms with van der Waals surface area (Å²) in [7, 11) is 7.56. The van der Waals surface area contributed by atoms with Gasteiger partial charge in [-0.2, -0.15) is 0 Å². The van der Waals surface area contributed by atoms with Gasteiger partial charge in [-0.15, -0.1) is 5.10 Å². The second kappa shape index (κ2) is 10.7. The lowest BCUT2D eigenvalue weighted by Crippen LogP contribution is -2.20. The fourth-order valence-corrected chi connectivity index (χ4v) is 5.34. The zero-order chi connectivity index (χ0) is 24.2. The molecule has 2 atom stereocenters. The molecule has 2 aromatic carbocycles. The molecule has 0 saturated carbocycles. The molecule has 0 amide bonds. The van der Waals surface area contributed by atoms with Gasteiger partial charge in [-0.25, -0.2) is 4.98 Å². The highest BCUT2D eigenvalue weighted by molar-refractivity contribution is 7.99. The van der Waals surface area contributed by atoms with E-state index in [9.17, 15) is 0 Å². The van der Waals surface area contributed by atoms with Crippen LogP contribution < -0.4 is 9.47 Å². The number of allylic oxidation sites excluding steroid dienone is 1. The molecule has 0 saturated heterocycles. The summed E-state index contributed by atoms with van der Waals surface area (Å²) in [6, 6.07) is 13.0. The topological polar surface area (TPSA) is 63.3 Å². The van der Waals surface area contributed by atoms with Crippen LogP contribution in [0.5, 0.6) is 11.5 Å². The summed E-state index contributed by atoms with van der Waals surface area (Å²) in [5.74, 6) is 3.50. The lowest BCUT2D eigenvalue weighted by molar-refractivity contribution is 0.354. The fraction of sp³-hybridized carbons (Fsp3) is 0.407. The molecular weight excluding hydrogens is 444 g/mol. The lowest BCUT2D eigenvalue weighted by atomic mass is 9.71. The summed E-state index contributed by atoms with van der Waals surface area (Å²) in [5, 5.41) is 8.61. The highest BCUT2D eigenvalue weighted by Crippen LogP contribution is 2.49. The average molecular weight is 479 g/mol. The predicted octanol–water partition coefficient (Wildman–Crippen LogP) is 5.51. The van der Waals surface area contributed by atoms with Crippen molar-refractivity contribution in [2.24, 2.45) is 0 Å². The van der Waals surface area contributed by atoms with Gasteiger partial charge in [0, 0.05) is 11.7 Å². The van der Waals surface area contributed by atoms with Crippen LogP contribution in [0.3, 0.4) is 0 Å². The van der Waals surface area contributed by atoms with Crippen molar-refractivity contribution in [2.45, 2.75) is 37.3 Å². The number of aryl methyl sites for hydroxylation is 1. The van der Waals surface area contributed by atoms with E-state index >= 15 is 0 Å². The zero-order valence-electron chi connectivity index (χ0n) is 20.9. The van der Waals surface area contributed by atoms with Gasteiger partial charge in [0.1, 0.15) is 5.82 Å². The van der Waals surface area contributed by atoms with Gasteiger partial charge in [-0.05, 0) is 69.7 Å². The Kier molecular flexibility index (Phi) is 7.63. The minimum Gasteiger partial charge on any atom is -0.493 e. The van der Waals surface area contributed by atoms with E-state index in [0.717, 1.165) is 46.8 Å². The molecule has 1 aliphatic carbocycles. The van der Waals surface area contributed by atoms with Crippen molar-refractivity contribution in [3.05, 3.63) is 70.0 Å². The van der Waals surface area contributed by atoms with Gasteiger partial charge in [-0.1, -0.05) is 53.2 Å². The smallest absolute Gasteiger partial charge is 0.208 e. The van der Waals surface area contributed by atoms with Crippen LogP contribution in [0, 0.1) is 6.92 Å². The number of hydrogen-bond acceptors (Lipinski definition) is 6. The Bertz CT molecular complexity index is 1150. The van der Waals surface area contributed by atoms with E-state index in [0.29, 0.717) is 0 Å². The van der Waals surface area contributed by atoms with Gasteiger partial charge in [0.15, 0.2) is 11.5 Å². The molecule has 0 bridgehead atoms. The largest absolute Gasteiger partial charge is 0.493 e. The van der Waals surface area contributed by atoms with Crippen LogP contribution in [0.2, 0.25) is 0 Å².